The van der Waals surface area contributed by atoms with Gasteiger partial charge in [-0.2, -0.15) is 5.26 Å². The lowest BCUT2D eigenvalue weighted by molar-refractivity contribution is 0.601. The topological polar surface area (TPSA) is 70.0 Å². The summed E-state index contributed by atoms with van der Waals surface area (Å²) < 4.78 is 27.2. The lowest BCUT2D eigenvalue weighted by Crippen LogP contribution is -2.15. The molecule has 0 radical (unpaired) electrons. The predicted octanol–water partition coefficient (Wildman–Crippen LogP) is 3.32. The Labute approximate surface area is 122 Å². The van der Waals surface area contributed by atoms with Gasteiger partial charge in [-0.25, -0.2) is 8.42 Å². The van der Waals surface area contributed by atoms with Gasteiger partial charge >= 0.3 is 0 Å². The van der Waals surface area contributed by atoms with Crippen molar-refractivity contribution in [2.45, 2.75) is 11.8 Å². The fraction of sp³-hybridized carbons (Fsp3) is 0.0714. The molecule has 0 saturated carbocycles. The van der Waals surface area contributed by atoms with Gasteiger partial charge in [0, 0.05) is 0 Å². The summed E-state index contributed by atoms with van der Waals surface area (Å²) in [6, 6.07) is 13.0. The van der Waals surface area contributed by atoms with Gasteiger partial charge in [0.1, 0.15) is 11.0 Å². The van der Waals surface area contributed by atoms with Crippen LogP contribution in [0.5, 0.6) is 0 Å². The molecule has 0 saturated heterocycles. The second-order valence-electron chi connectivity index (χ2n) is 4.15. The predicted molar refractivity (Wildman–Crippen MR) is 78.2 cm³/mol. The van der Waals surface area contributed by atoms with Gasteiger partial charge in [-0.15, -0.1) is 0 Å². The van der Waals surface area contributed by atoms with E-state index in [4.69, 9.17) is 16.9 Å². The highest BCUT2D eigenvalue weighted by Crippen LogP contribution is 2.28. The number of anilines is 1. The molecular weight excluding hydrogens is 296 g/mol. The smallest absolute Gasteiger partial charge is 0.263 e. The molecule has 2 aromatic rings. The van der Waals surface area contributed by atoms with Gasteiger partial charge in [-0.3, -0.25) is 4.72 Å². The van der Waals surface area contributed by atoms with Crippen LogP contribution in [-0.4, -0.2) is 8.42 Å². The summed E-state index contributed by atoms with van der Waals surface area (Å²) in [4.78, 5) is -0.0678. The van der Waals surface area contributed by atoms with E-state index in [-0.39, 0.29) is 10.5 Å². The lowest BCUT2D eigenvalue weighted by atomic mass is 10.2. The third kappa shape index (κ3) is 2.77. The second-order valence-corrected chi connectivity index (χ2v) is 6.20. The zero-order valence-corrected chi connectivity index (χ0v) is 12.2. The number of rotatable bonds is 3. The summed E-state index contributed by atoms with van der Waals surface area (Å²) >= 11 is 6.00. The maximum Gasteiger partial charge on any atom is 0.263 e. The molecule has 0 heterocycles. The highest BCUT2D eigenvalue weighted by Gasteiger charge is 2.20. The molecule has 1 N–H and O–H groups in total. The molecule has 2 rings (SSSR count). The van der Waals surface area contributed by atoms with E-state index in [2.05, 4.69) is 4.72 Å². The van der Waals surface area contributed by atoms with Gasteiger partial charge in [0.25, 0.3) is 10.0 Å². The van der Waals surface area contributed by atoms with Crippen LogP contribution in [0.4, 0.5) is 5.69 Å². The van der Waals surface area contributed by atoms with Crippen molar-refractivity contribution in [1.29, 1.82) is 5.26 Å². The standard InChI is InChI=1S/C14H11ClN2O2S/c1-10-5-4-7-12(15)14(10)17-20(18,19)13-8-3-2-6-11(13)9-16/h2-8,17H,1H3. The minimum absolute atomic E-state index is 0.0678. The Morgan fingerprint density at radius 3 is 2.50 bits per heavy atom. The van der Waals surface area contributed by atoms with Crippen molar-refractivity contribution in [3.05, 3.63) is 58.6 Å². The van der Waals surface area contributed by atoms with Crippen molar-refractivity contribution in [2.24, 2.45) is 0 Å². The Kier molecular flexibility index (Phi) is 3.98. The van der Waals surface area contributed by atoms with Gasteiger partial charge in [-0.1, -0.05) is 35.9 Å². The molecule has 0 spiro atoms. The fourth-order valence-corrected chi connectivity index (χ4v) is 3.38. The monoisotopic (exact) mass is 306 g/mol. The minimum atomic E-state index is -3.86. The van der Waals surface area contributed by atoms with Crippen molar-refractivity contribution < 1.29 is 8.42 Å². The summed E-state index contributed by atoms with van der Waals surface area (Å²) in [5.74, 6) is 0. The van der Waals surface area contributed by atoms with Crippen molar-refractivity contribution >= 4 is 27.3 Å². The zero-order chi connectivity index (χ0) is 14.8. The van der Waals surface area contributed by atoms with Crippen LogP contribution in [-0.2, 0) is 10.0 Å². The maximum atomic E-state index is 12.4. The fourth-order valence-electron chi connectivity index (χ4n) is 1.74. The molecule has 102 valence electrons. The number of para-hydroxylation sites is 1. The van der Waals surface area contributed by atoms with E-state index in [1.54, 1.807) is 37.3 Å². The average molecular weight is 307 g/mol. The molecule has 0 aliphatic rings. The molecule has 0 atom stereocenters. The van der Waals surface area contributed by atoms with E-state index in [0.717, 1.165) is 0 Å². The molecule has 4 nitrogen and oxygen atoms in total. The summed E-state index contributed by atoms with van der Waals surface area (Å²) in [5.41, 5.74) is 1.11. The summed E-state index contributed by atoms with van der Waals surface area (Å²) in [6.45, 7) is 1.75. The number of benzene rings is 2. The first kappa shape index (κ1) is 14.4. The van der Waals surface area contributed by atoms with Crippen LogP contribution in [0.15, 0.2) is 47.4 Å². The zero-order valence-electron chi connectivity index (χ0n) is 10.6. The van der Waals surface area contributed by atoms with Crippen LogP contribution >= 0.6 is 11.6 Å². The molecule has 2 aromatic carbocycles. The normalized spacial score (nSPS) is 10.8. The average Bonchev–Trinajstić information content (AvgIpc) is 2.43. The number of hydrogen-bond acceptors (Lipinski definition) is 3. The maximum absolute atomic E-state index is 12.4. The molecule has 20 heavy (non-hydrogen) atoms. The number of halogens is 1. The molecule has 0 aromatic heterocycles. The van der Waals surface area contributed by atoms with Crippen molar-refractivity contribution in [3.8, 4) is 6.07 Å². The van der Waals surface area contributed by atoms with Crippen molar-refractivity contribution in [3.63, 3.8) is 0 Å². The minimum Gasteiger partial charge on any atom is -0.278 e. The molecule has 6 heteroatoms. The SMILES string of the molecule is Cc1cccc(Cl)c1NS(=O)(=O)c1ccccc1C#N. The van der Waals surface area contributed by atoms with E-state index in [1.807, 2.05) is 6.07 Å². The van der Waals surface area contributed by atoms with Gasteiger partial charge in [0.2, 0.25) is 0 Å². The largest absolute Gasteiger partial charge is 0.278 e. The van der Waals surface area contributed by atoms with Gasteiger partial charge < -0.3 is 0 Å². The highest BCUT2D eigenvalue weighted by molar-refractivity contribution is 7.92. The van der Waals surface area contributed by atoms with Crippen LogP contribution in [0.1, 0.15) is 11.1 Å². The first-order chi connectivity index (χ1) is 9.45. The summed E-state index contributed by atoms with van der Waals surface area (Å²) in [5, 5.41) is 9.30. The molecule has 0 amide bonds. The van der Waals surface area contributed by atoms with Crippen LogP contribution in [0.25, 0.3) is 0 Å². The molecule has 0 aliphatic heterocycles. The Morgan fingerprint density at radius 1 is 1.15 bits per heavy atom. The lowest BCUT2D eigenvalue weighted by Gasteiger charge is -2.12. The Morgan fingerprint density at radius 2 is 1.85 bits per heavy atom. The van der Waals surface area contributed by atoms with Crippen LogP contribution in [0, 0.1) is 18.3 Å². The number of aryl methyl sites for hydroxylation is 1. The number of nitriles is 1. The van der Waals surface area contributed by atoms with Crippen LogP contribution < -0.4 is 4.72 Å². The van der Waals surface area contributed by atoms with Gasteiger partial charge in [0.15, 0.2) is 0 Å². The number of nitrogens with one attached hydrogen (secondary N) is 1. The first-order valence-corrected chi connectivity index (χ1v) is 7.59. The number of hydrogen-bond donors (Lipinski definition) is 1. The Bertz CT molecular complexity index is 775. The van der Waals surface area contributed by atoms with E-state index in [1.165, 1.54) is 12.1 Å². The highest BCUT2D eigenvalue weighted by atomic mass is 35.5. The molecule has 0 bridgehead atoms. The van der Waals surface area contributed by atoms with Crippen molar-refractivity contribution in [2.75, 3.05) is 4.72 Å². The molecule has 0 unspecified atom stereocenters. The quantitative estimate of drug-likeness (QED) is 0.945. The van der Waals surface area contributed by atoms with Crippen molar-refractivity contribution in [1.82, 2.24) is 0 Å². The van der Waals surface area contributed by atoms with E-state index < -0.39 is 10.0 Å². The molecule has 0 aliphatic carbocycles. The van der Waals surface area contributed by atoms with E-state index in [0.29, 0.717) is 16.3 Å². The Balaban J connectivity index is 2.50. The first-order valence-electron chi connectivity index (χ1n) is 5.73. The van der Waals surface area contributed by atoms with Crippen LogP contribution in [0.2, 0.25) is 5.02 Å². The molecule has 0 fully saturated rings. The Hall–Kier alpha value is -2.03. The van der Waals surface area contributed by atoms with E-state index in [9.17, 15) is 8.42 Å². The van der Waals surface area contributed by atoms with Crippen LogP contribution in [0.3, 0.4) is 0 Å². The van der Waals surface area contributed by atoms with E-state index >= 15 is 0 Å². The van der Waals surface area contributed by atoms with Gasteiger partial charge in [-0.05, 0) is 30.7 Å². The third-order valence-corrected chi connectivity index (χ3v) is 4.48. The summed E-state index contributed by atoms with van der Waals surface area (Å²) in [6.07, 6.45) is 0. The second kappa shape index (κ2) is 5.53. The molecular formula is C14H11ClN2O2S. The summed E-state index contributed by atoms with van der Waals surface area (Å²) in [7, 11) is -3.86. The van der Waals surface area contributed by atoms with Gasteiger partial charge in [0.05, 0.1) is 16.3 Å². The third-order valence-electron chi connectivity index (χ3n) is 2.76. The number of nitrogens with zero attached hydrogens (tertiary/aromatic N) is 1. The number of sulfonamides is 1.